The summed E-state index contributed by atoms with van der Waals surface area (Å²) in [7, 11) is 2.01. The van der Waals surface area contributed by atoms with Gasteiger partial charge in [-0.1, -0.05) is 43.2 Å². The first-order valence-electron chi connectivity index (χ1n) is 9.63. The summed E-state index contributed by atoms with van der Waals surface area (Å²) in [6.07, 6.45) is 3.45. The predicted molar refractivity (Wildman–Crippen MR) is 102 cm³/mol. The summed E-state index contributed by atoms with van der Waals surface area (Å²) in [6, 6.07) is 9.79. The van der Waals surface area contributed by atoms with Gasteiger partial charge >= 0.3 is 6.03 Å². The predicted octanol–water partition coefficient (Wildman–Crippen LogP) is 1.49. The number of amides is 4. The minimum Gasteiger partial charge on any atom is -0.355 e. The molecule has 0 aromatic heterocycles. The highest BCUT2D eigenvalue weighted by Gasteiger charge is 2.52. The van der Waals surface area contributed by atoms with Crippen LogP contribution >= 0.6 is 0 Å². The first kappa shape index (κ1) is 19.4. The molecule has 27 heavy (non-hydrogen) atoms. The number of imide groups is 1. The summed E-state index contributed by atoms with van der Waals surface area (Å²) in [5, 5.41) is 5.70. The molecule has 0 unspecified atom stereocenters. The van der Waals surface area contributed by atoms with Crippen molar-refractivity contribution < 1.29 is 14.4 Å². The second-order valence-electron chi connectivity index (χ2n) is 7.50. The molecule has 3 rings (SSSR count). The first-order valence-corrected chi connectivity index (χ1v) is 9.63. The van der Waals surface area contributed by atoms with Crippen LogP contribution in [0.3, 0.4) is 0 Å². The summed E-state index contributed by atoms with van der Waals surface area (Å²) in [5.41, 5.74) is 0.527. The van der Waals surface area contributed by atoms with Crippen LogP contribution < -0.4 is 10.6 Å². The van der Waals surface area contributed by atoms with Crippen LogP contribution in [0.15, 0.2) is 30.3 Å². The van der Waals surface area contributed by atoms with Crippen molar-refractivity contribution in [2.24, 2.45) is 0 Å². The fourth-order valence-corrected chi connectivity index (χ4v) is 3.86. The number of carbonyl (C=O) groups is 3. The molecular formula is C20H28N4O3. The molecular weight excluding hydrogens is 344 g/mol. The number of hydrogen-bond donors (Lipinski definition) is 2. The lowest BCUT2D eigenvalue weighted by Gasteiger charge is -2.20. The van der Waals surface area contributed by atoms with Crippen LogP contribution in [0.1, 0.15) is 37.7 Å². The lowest BCUT2D eigenvalue weighted by molar-refractivity contribution is -0.131. The van der Waals surface area contributed by atoms with Crippen LogP contribution in [0, 0.1) is 0 Å². The molecule has 1 saturated heterocycles. The third-order valence-electron chi connectivity index (χ3n) is 5.38. The third kappa shape index (κ3) is 4.66. The van der Waals surface area contributed by atoms with Gasteiger partial charge in [-0.25, -0.2) is 4.79 Å². The number of benzene rings is 1. The molecule has 2 fully saturated rings. The summed E-state index contributed by atoms with van der Waals surface area (Å²) < 4.78 is 0. The Morgan fingerprint density at radius 1 is 1.22 bits per heavy atom. The summed E-state index contributed by atoms with van der Waals surface area (Å²) in [4.78, 5) is 40.0. The van der Waals surface area contributed by atoms with Crippen LogP contribution in [-0.2, 0) is 16.1 Å². The lowest BCUT2D eigenvalue weighted by Crippen LogP contribution is -2.44. The topological polar surface area (TPSA) is 81.8 Å². The molecule has 1 aliphatic heterocycles. The average Bonchev–Trinajstić information content (AvgIpc) is 3.20. The minimum absolute atomic E-state index is 0.137. The summed E-state index contributed by atoms with van der Waals surface area (Å²) in [5.74, 6) is -0.309. The Labute approximate surface area is 160 Å². The second kappa shape index (κ2) is 8.52. The highest BCUT2D eigenvalue weighted by Crippen LogP contribution is 2.34. The standard InChI is InChI=1S/C20H28N4O3/c1-23(15-16-7-3-2-4-8-16)14-12-21-17(25)9-13-24-18(26)20(22-19(24)27)10-5-6-11-20/h2-4,7-8H,5-6,9-15H2,1H3,(H,21,25)(H,22,27). The zero-order valence-corrected chi connectivity index (χ0v) is 15.9. The molecule has 4 amide bonds. The Morgan fingerprint density at radius 2 is 1.93 bits per heavy atom. The fraction of sp³-hybridized carbons (Fsp3) is 0.550. The van der Waals surface area contributed by atoms with Crippen molar-refractivity contribution in [3.8, 4) is 0 Å². The maximum Gasteiger partial charge on any atom is 0.325 e. The normalized spacial score (nSPS) is 18.4. The van der Waals surface area contributed by atoms with E-state index in [4.69, 9.17) is 0 Å². The van der Waals surface area contributed by atoms with Crippen molar-refractivity contribution in [3.63, 3.8) is 0 Å². The molecule has 1 aromatic rings. The molecule has 0 radical (unpaired) electrons. The van der Waals surface area contributed by atoms with E-state index in [0.717, 1.165) is 25.9 Å². The summed E-state index contributed by atoms with van der Waals surface area (Å²) >= 11 is 0. The third-order valence-corrected chi connectivity index (χ3v) is 5.38. The first-order chi connectivity index (χ1) is 13.0. The van der Waals surface area contributed by atoms with Crippen molar-refractivity contribution in [1.29, 1.82) is 0 Å². The van der Waals surface area contributed by atoms with Crippen LogP contribution in [0.5, 0.6) is 0 Å². The monoisotopic (exact) mass is 372 g/mol. The zero-order valence-electron chi connectivity index (χ0n) is 15.9. The van der Waals surface area contributed by atoms with Gasteiger partial charge in [-0.2, -0.15) is 0 Å². The Bertz CT molecular complexity index is 686. The molecule has 1 aromatic carbocycles. The highest BCUT2D eigenvalue weighted by atomic mass is 16.2. The van der Waals surface area contributed by atoms with Gasteiger partial charge in [0.15, 0.2) is 0 Å². The van der Waals surface area contributed by atoms with E-state index >= 15 is 0 Å². The lowest BCUT2D eigenvalue weighted by atomic mass is 9.98. The van der Waals surface area contributed by atoms with Gasteiger partial charge in [-0.15, -0.1) is 0 Å². The molecule has 146 valence electrons. The molecule has 1 heterocycles. The zero-order chi connectivity index (χ0) is 19.3. The van der Waals surface area contributed by atoms with E-state index < -0.39 is 5.54 Å². The van der Waals surface area contributed by atoms with Gasteiger partial charge in [0, 0.05) is 32.6 Å². The van der Waals surface area contributed by atoms with Crippen molar-refractivity contribution in [2.75, 3.05) is 26.7 Å². The van der Waals surface area contributed by atoms with Crippen molar-refractivity contribution in [1.82, 2.24) is 20.4 Å². The minimum atomic E-state index is -0.701. The van der Waals surface area contributed by atoms with Crippen molar-refractivity contribution >= 4 is 17.8 Å². The number of carbonyl (C=O) groups excluding carboxylic acids is 3. The Morgan fingerprint density at radius 3 is 2.63 bits per heavy atom. The van der Waals surface area contributed by atoms with Crippen LogP contribution in [0.2, 0.25) is 0 Å². The number of likely N-dealkylation sites (N-methyl/N-ethyl adjacent to an activating group) is 1. The molecule has 1 spiro atoms. The smallest absolute Gasteiger partial charge is 0.325 e. The van der Waals surface area contributed by atoms with Gasteiger partial charge in [0.1, 0.15) is 5.54 Å². The molecule has 1 aliphatic carbocycles. The number of nitrogens with one attached hydrogen (secondary N) is 2. The van der Waals surface area contributed by atoms with Crippen molar-refractivity contribution in [3.05, 3.63) is 35.9 Å². The molecule has 2 aliphatic rings. The van der Waals surface area contributed by atoms with E-state index in [0.29, 0.717) is 19.4 Å². The molecule has 1 saturated carbocycles. The average molecular weight is 372 g/mol. The quantitative estimate of drug-likeness (QED) is 0.678. The van der Waals surface area contributed by atoms with E-state index in [1.807, 2.05) is 25.2 Å². The number of urea groups is 1. The van der Waals surface area contributed by atoms with Crippen molar-refractivity contribution in [2.45, 2.75) is 44.2 Å². The number of hydrogen-bond acceptors (Lipinski definition) is 4. The fourth-order valence-electron chi connectivity index (χ4n) is 3.86. The molecule has 0 bridgehead atoms. The van der Waals surface area contributed by atoms with E-state index in [-0.39, 0.29) is 30.8 Å². The highest BCUT2D eigenvalue weighted by molar-refractivity contribution is 6.07. The maximum absolute atomic E-state index is 12.5. The Kier molecular flexibility index (Phi) is 6.11. The van der Waals surface area contributed by atoms with Crippen LogP contribution in [0.25, 0.3) is 0 Å². The van der Waals surface area contributed by atoms with E-state index in [2.05, 4.69) is 27.7 Å². The molecule has 2 N–H and O–H groups in total. The van der Waals surface area contributed by atoms with E-state index in [9.17, 15) is 14.4 Å². The van der Waals surface area contributed by atoms with Crippen LogP contribution in [0.4, 0.5) is 4.79 Å². The largest absolute Gasteiger partial charge is 0.355 e. The summed E-state index contributed by atoms with van der Waals surface area (Å²) in [6.45, 7) is 2.22. The SMILES string of the molecule is CN(CCNC(=O)CCN1C(=O)NC2(CCCC2)C1=O)Cc1ccccc1. The Hall–Kier alpha value is -2.41. The van der Waals surface area contributed by atoms with Crippen LogP contribution in [-0.4, -0.2) is 59.9 Å². The van der Waals surface area contributed by atoms with Gasteiger partial charge in [0.05, 0.1) is 0 Å². The molecule has 7 nitrogen and oxygen atoms in total. The maximum atomic E-state index is 12.5. The molecule has 7 heteroatoms. The Balaban J connectivity index is 1.36. The number of rotatable bonds is 8. The van der Waals surface area contributed by atoms with Gasteiger partial charge in [0.25, 0.3) is 5.91 Å². The number of nitrogens with zero attached hydrogens (tertiary/aromatic N) is 2. The van der Waals surface area contributed by atoms with E-state index in [1.165, 1.54) is 10.5 Å². The van der Waals surface area contributed by atoms with Gasteiger partial charge in [0.2, 0.25) is 5.91 Å². The molecule has 0 atom stereocenters. The van der Waals surface area contributed by atoms with Gasteiger partial charge in [-0.3, -0.25) is 14.5 Å². The van der Waals surface area contributed by atoms with Gasteiger partial charge < -0.3 is 15.5 Å². The van der Waals surface area contributed by atoms with Gasteiger partial charge in [-0.05, 0) is 25.5 Å². The second-order valence-corrected chi connectivity index (χ2v) is 7.50. The van der Waals surface area contributed by atoms with E-state index in [1.54, 1.807) is 0 Å².